The second-order valence-corrected chi connectivity index (χ2v) is 9.47. The Kier molecular flexibility index (Phi) is 5.13. The fraction of sp³-hybridized carbons (Fsp3) is 0.632. The molecule has 0 bridgehead atoms. The molecule has 27 heavy (non-hydrogen) atoms. The van der Waals surface area contributed by atoms with Crippen LogP contribution in [0.2, 0.25) is 0 Å². The minimum atomic E-state index is -3.57. The van der Waals surface area contributed by atoms with Crippen LogP contribution in [0.25, 0.3) is 0 Å². The second-order valence-electron chi connectivity index (χ2n) is 7.53. The summed E-state index contributed by atoms with van der Waals surface area (Å²) in [6.07, 6.45) is 3.72. The molecule has 3 aliphatic rings. The maximum Gasteiger partial charge on any atom is 0.261 e. The third kappa shape index (κ3) is 3.58. The Bertz CT molecular complexity index is 813. The largest absolute Gasteiger partial charge is 0.480 e. The van der Waals surface area contributed by atoms with Crippen molar-refractivity contribution < 1.29 is 22.7 Å². The van der Waals surface area contributed by atoms with Gasteiger partial charge in [0.1, 0.15) is 5.75 Å². The zero-order chi connectivity index (χ0) is 19.0. The molecule has 0 radical (unpaired) electrons. The van der Waals surface area contributed by atoms with Gasteiger partial charge in [0.2, 0.25) is 10.0 Å². The van der Waals surface area contributed by atoms with Gasteiger partial charge in [0.05, 0.1) is 18.1 Å². The highest BCUT2D eigenvalue weighted by Gasteiger charge is 2.38. The summed E-state index contributed by atoms with van der Waals surface area (Å²) in [5, 5.41) is 3.08. The number of amides is 1. The molecule has 1 saturated heterocycles. The molecular weight excluding hydrogens is 368 g/mol. The minimum Gasteiger partial charge on any atom is -0.480 e. The number of nitrogens with one attached hydrogen (secondary N) is 1. The van der Waals surface area contributed by atoms with Gasteiger partial charge in [-0.25, -0.2) is 8.42 Å². The van der Waals surface area contributed by atoms with E-state index in [1.54, 1.807) is 18.2 Å². The fourth-order valence-electron chi connectivity index (χ4n) is 4.12. The third-order valence-electron chi connectivity index (χ3n) is 5.75. The summed E-state index contributed by atoms with van der Waals surface area (Å²) >= 11 is 0. The number of carbonyl (C=O) groups excluding carboxylic acids is 1. The summed E-state index contributed by atoms with van der Waals surface area (Å²) in [5.74, 6) is 0.291. The Labute approximate surface area is 160 Å². The summed E-state index contributed by atoms with van der Waals surface area (Å²) in [6.45, 7) is 3.45. The number of hydrogen-bond acceptors (Lipinski definition) is 5. The van der Waals surface area contributed by atoms with Crippen molar-refractivity contribution in [2.45, 2.75) is 55.6 Å². The van der Waals surface area contributed by atoms with Crippen LogP contribution in [-0.2, 0) is 19.6 Å². The van der Waals surface area contributed by atoms with Crippen LogP contribution in [0, 0.1) is 0 Å². The lowest BCUT2D eigenvalue weighted by molar-refractivity contribution is -0.128. The molecule has 7 nitrogen and oxygen atoms in total. The first-order chi connectivity index (χ1) is 13.0. The van der Waals surface area contributed by atoms with E-state index in [1.165, 1.54) is 4.31 Å². The van der Waals surface area contributed by atoms with E-state index < -0.39 is 16.1 Å². The number of ether oxygens (including phenoxy) is 2. The lowest BCUT2D eigenvalue weighted by Gasteiger charge is -2.26. The van der Waals surface area contributed by atoms with Gasteiger partial charge in [-0.1, -0.05) is 19.8 Å². The van der Waals surface area contributed by atoms with Crippen LogP contribution in [0.15, 0.2) is 23.1 Å². The number of benzene rings is 1. The maximum atomic E-state index is 12.9. The molecule has 1 saturated carbocycles. The molecule has 2 aliphatic heterocycles. The van der Waals surface area contributed by atoms with Crippen molar-refractivity contribution in [2.75, 3.05) is 26.3 Å². The van der Waals surface area contributed by atoms with Crippen molar-refractivity contribution in [1.82, 2.24) is 9.62 Å². The lowest BCUT2D eigenvalue weighted by atomic mass is 9.97. The Morgan fingerprint density at radius 3 is 2.59 bits per heavy atom. The predicted octanol–water partition coefficient (Wildman–Crippen LogP) is 1.63. The van der Waals surface area contributed by atoms with E-state index in [1.807, 2.05) is 6.92 Å². The number of sulfonamides is 1. The Morgan fingerprint density at radius 1 is 1.19 bits per heavy atom. The highest BCUT2D eigenvalue weighted by molar-refractivity contribution is 7.89. The number of fused-ring (bicyclic) bond motifs is 1. The average molecular weight is 394 g/mol. The van der Waals surface area contributed by atoms with Gasteiger partial charge in [-0.2, -0.15) is 4.31 Å². The third-order valence-corrected chi connectivity index (χ3v) is 7.64. The molecule has 0 aromatic heterocycles. The predicted molar refractivity (Wildman–Crippen MR) is 99.2 cm³/mol. The van der Waals surface area contributed by atoms with Crippen LogP contribution in [0.1, 0.15) is 44.1 Å². The molecule has 2 unspecified atom stereocenters. The fourth-order valence-corrected chi connectivity index (χ4v) is 5.57. The van der Waals surface area contributed by atoms with Gasteiger partial charge < -0.3 is 14.8 Å². The van der Waals surface area contributed by atoms with Crippen LogP contribution in [0.5, 0.6) is 5.75 Å². The van der Waals surface area contributed by atoms with Crippen LogP contribution in [0.3, 0.4) is 0 Å². The van der Waals surface area contributed by atoms with Gasteiger partial charge >= 0.3 is 0 Å². The van der Waals surface area contributed by atoms with Gasteiger partial charge in [-0.3, -0.25) is 4.79 Å². The quantitative estimate of drug-likeness (QED) is 0.839. The van der Waals surface area contributed by atoms with E-state index in [9.17, 15) is 13.2 Å². The first-order valence-electron chi connectivity index (χ1n) is 9.66. The van der Waals surface area contributed by atoms with Crippen LogP contribution in [0.4, 0.5) is 0 Å². The first kappa shape index (κ1) is 18.7. The summed E-state index contributed by atoms with van der Waals surface area (Å²) in [7, 11) is -3.57. The number of rotatable bonds is 4. The average Bonchev–Trinajstić information content (AvgIpc) is 3.30. The van der Waals surface area contributed by atoms with Crippen molar-refractivity contribution in [2.24, 2.45) is 0 Å². The molecule has 1 N–H and O–H groups in total. The molecule has 2 atom stereocenters. The topological polar surface area (TPSA) is 84.9 Å². The van der Waals surface area contributed by atoms with E-state index in [0.29, 0.717) is 32.1 Å². The van der Waals surface area contributed by atoms with E-state index >= 15 is 0 Å². The van der Waals surface area contributed by atoms with Gasteiger partial charge in [0.25, 0.3) is 5.91 Å². The SMILES string of the molecule is CC1c2cc(S(=O)(=O)N3CCOCC3)ccc2OC1C(=O)NC1CCCC1. The number of hydrogen-bond donors (Lipinski definition) is 1. The van der Waals surface area contributed by atoms with E-state index in [0.717, 1.165) is 31.2 Å². The molecule has 1 amide bonds. The molecule has 0 spiro atoms. The van der Waals surface area contributed by atoms with E-state index in [-0.39, 0.29) is 22.8 Å². The normalized spacial score (nSPS) is 26.6. The highest BCUT2D eigenvalue weighted by Crippen LogP contribution is 2.40. The molecule has 148 valence electrons. The Balaban J connectivity index is 1.52. The monoisotopic (exact) mass is 394 g/mol. The first-order valence-corrected chi connectivity index (χ1v) is 11.1. The molecule has 4 rings (SSSR count). The van der Waals surface area contributed by atoms with Gasteiger partial charge in [0.15, 0.2) is 6.10 Å². The lowest BCUT2D eigenvalue weighted by Crippen LogP contribution is -2.43. The van der Waals surface area contributed by atoms with Crippen LogP contribution >= 0.6 is 0 Å². The molecular formula is C19H26N2O5S. The molecule has 2 heterocycles. The summed E-state index contributed by atoms with van der Waals surface area (Å²) in [6, 6.07) is 5.12. The van der Waals surface area contributed by atoms with Crippen molar-refractivity contribution in [3.8, 4) is 5.75 Å². The van der Waals surface area contributed by atoms with Crippen molar-refractivity contribution in [1.29, 1.82) is 0 Å². The second kappa shape index (κ2) is 7.41. The number of carbonyl (C=O) groups is 1. The summed E-state index contributed by atoms with van der Waals surface area (Å²) in [5.41, 5.74) is 0.774. The van der Waals surface area contributed by atoms with Gasteiger partial charge in [-0.15, -0.1) is 0 Å². The Morgan fingerprint density at radius 2 is 1.89 bits per heavy atom. The summed E-state index contributed by atoms with van der Waals surface area (Å²) < 4.78 is 38.3. The Hall–Kier alpha value is -1.64. The molecule has 8 heteroatoms. The molecule has 1 aliphatic carbocycles. The van der Waals surface area contributed by atoms with Crippen molar-refractivity contribution >= 4 is 15.9 Å². The van der Waals surface area contributed by atoms with E-state index in [2.05, 4.69) is 5.32 Å². The summed E-state index contributed by atoms with van der Waals surface area (Å²) in [4.78, 5) is 12.9. The smallest absolute Gasteiger partial charge is 0.261 e. The van der Waals surface area contributed by atoms with Gasteiger partial charge in [0, 0.05) is 30.6 Å². The standard InChI is InChI=1S/C19H26N2O5S/c1-13-16-12-15(27(23,24)21-8-10-25-11-9-21)6-7-17(16)26-18(13)19(22)20-14-4-2-3-5-14/h6-7,12-14,18H,2-5,8-11H2,1H3,(H,20,22). The van der Waals surface area contributed by atoms with Gasteiger partial charge in [-0.05, 0) is 31.0 Å². The number of morpholine rings is 1. The van der Waals surface area contributed by atoms with Crippen molar-refractivity contribution in [3.63, 3.8) is 0 Å². The maximum absolute atomic E-state index is 12.9. The minimum absolute atomic E-state index is 0.108. The molecule has 2 fully saturated rings. The molecule has 1 aromatic rings. The van der Waals surface area contributed by atoms with Crippen LogP contribution < -0.4 is 10.1 Å². The highest BCUT2D eigenvalue weighted by atomic mass is 32.2. The zero-order valence-electron chi connectivity index (χ0n) is 15.5. The number of nitrogens with zero attached hydrogens (tertiary/aromatic N) is 1. The van der Waals surface area contributed by atoms with Crippen molar-refractivity contribution in [3.05, 3.63) is 23.8 Å². The van der Waals surface area contributed by atoms with Crippen LogP contribution in [-0.4, -0.2) is 57.1 Å². The zero-order valence-corrected chi connectivity index (χ0v) is 16.3. The molecule has 1 aromatic carbocycles. The van der Waals surface area contributed by atoms with E-state index in [4.69, 9.17) is 9.47 Å².